The normalized spacial score (nSPS) is 17.4. The Balaban J connectivity index is 0.00000529. The van der Waals surface area contributed by atoms with Crippen LogP contribution in [0.15, 0.2) is 78.9 Å². The van der Waals surface area contributed by atoms with Crippen molar-refractivity contribution in [1.29, 1.82) is 0 Å². The molecule has 5 rings (SSSR count). The van der Waals surface area contributed by atoms with Crippen LogP contribution >= 0.6 is 0 Å². The van der Waals surface area contributed by atoms with E-state index in [4.69, 9.17) is 0 Å². The van der Waals surface area contributed by atoms with E-state index >= 15 is 0 Å². The van der Waals surface area contributed by atoms with Crippen molar-refractivity contribution in [2.75, 3.05) is 0 Å². The molecular formula is C63H97Cl3SiTi. The van der Waals surface area contributed by atoms with Crippen molar-refractivity contribution in [3.8, 4) is 0 Å². The van der Waals surface area contributed by atoms with E-state index in [9.17, 15) is 0 Å². The average Bonchev–Trinajstić information content (AvgIpc) is 3.65. The summed E-state index contributed by atoms with van der Waals surface area (Å²) in [5.41, 5.74) is 10.4. The first kappa shape index (κ1) is 63.1. The molecule has 4 atom stereocenters. The van der Waals surface area contributed by atoms with Crippen LogP contribution in [0.2, 0.25) is 9.76 Å². The maximum Gasteiger partial charge on any atom is -1.00 e. The van der Waals surface area contributed by atoms with Gasteiger partial charge in [-0.1, -0.05) is 0 Å². The standard InChI is InChI=1S/C63H97Si.3ClH.Ti/c1-7-13-19-25-33-52-43-53(34-26-20-14-8-2)47-59(46-52)64(63-42-41-58-39-31-32-40-62(58)63,60-48-54(35-27-21-15-9-3)44-55(49-60)36-28-22-16-10-4)61-50-56(37-29-23-17-11-5)45-57(51-61)38-30-24-18-12-6;;;;/h31-32,39-40,42-51,58,62-63H,7-30,33-38,41H2,1-6H3;3*1H;/q;;;;+3/p-3. The van der Waals surface area contributed by atoms with Crippen molar-refractivity contribution >= 4 is 23.6 Å². The van der Waals surface area contributed by atoms with Gasteiger partial charge in [0.1, 0.15) is 0 Å². The molecule has 0 N–H and O–H groups in total. The Bertz CT molecular complexity index is 1590. The van der Waals surface area contributed by atoms with E-state index in [1.807, 2.05) is 0 Å². The maximum absolute atomic E-state index is 2.86. The van der Waals surface area contributed by atoms with Crippen LogP contribution in [-0.2, 0) is 59.0 Å². The summed E-state index contributed by atoms with van der Waals surface area (Å²) in [7, 11) is -2.76. The topological polar surface area (TPSA) is 0 Å². The van der Waals surface area contributed by atoms with Crippen molar-refractivity contribution in [2.24, 2.45) is 11.8 Å². The zero-order valence-electron chi connectivity index (χ0n) is 44.4. The molecule has 0 saturated heterocycles. The summed E-state index contributed by atoms with van der Waals surface area (Å²) in [6.45, 7) is 14.2. The van der Waals surface area contributed by atoms with Gasteiger partial charge in [0, 0.05) is 0 Å². The van der Waals surface area contributed by atoms with Crippen LogP contribution in [0.4, 0.5) is 0 Å². The van der Waals surface area contributed by atoms with E-state index in [2.05, 4.69) is 141 Å². The predicted molar refractivity (Wildman–Crippen MR) is 288 cm³/mol. The van der Waals surface area contributed by atoms with Gasteiger partial charge in [-0.2, -0.15) is 0 Å². The molecule has 68 heavy (non-hydrogen) atoms. The number of halogens is 3. The summed E-state index contributed by atoms with van der Waals surface area (Å²) < 4.78 is 0.646. The van der Waals surface area contributed by atoms with Crippen LogP contribution in [0.3, 0.4) is 0 Å². The van der Waals surface area contributed by atoms with Gasteiger partial charge in [0.15, 0.2) is 0 Å². The van der Waals surface area contributed by atoms with Gasteiger partial charge in [-0.25, -0.2) is 0 Å². The molecule has 0 bridgehead atoms. The Hall–Kier alpha value is -1.06. The molecule has 0 aromatic heterocycles. The molecule has 5 heteroatoms. The summed E-state index contributed by atoms with van der Waals surface area (Å²) in [5.74, 6) is 1.21. The fourth-order valence-electron chi connectivity index (χ4n) is 12.0. The fourth-order valence-corrected chi connectivity index (χ4v) is 20.3. The minimum absolute atomic E-state index is 0. The molecule has 0 radical (unpaired) electrons. The minimum Gasteiger partial charge on any atom is -1.00 e. The molecule has 0 amide bonds. The van der Waals surface area contributed by atoms with Crippen molar-refractivity contribution in [3.63, 3.8) is 0 Å². The van der Waals surface area contributed by atoms with E-state index in [-0.39, 0.29) is 37.2 Å². The molecule has 1 fully saturated rings. The molecule has 2 aliphatic carbocycles. The molecule has 1 saturated carbocycles. The molecule has 0 heterocycles. The summed E-state index contributed by atoms with van der Waals surface area (Å²) >= 11 is 2.70. The van der Waals surface area contributed by atoms with Gasteiger partial charge >= 0.3 is 419 Å². The zero-order chi connectivity index (χ0) is 46.1. The van der Waals surface area contributed by atoms with E-state index < -0.39 is 8.07 Å². The van der Waals surface area contributed by atoms with Crippen LogP contribution in [0, 0.1) is 11.8 Å². The Morgan fingerprint density at radius 3 is 0.897 bits per heavy atom. The van der Waals surface area contributed by atoms with E-state index in [0.717, 1.165) is 0 Å². The second-order valence-corrected chi connectivity index (χ2v) is 26.3. The van der Waals surface area contributed by atoms with Gasteiger partial charge in [0.25, 0.3) is 0 Å². The van der Waals surface area contributed by atoms with Crippen molar-refractivity contribution in [1.82, 2.24) is 0 Å². The molecular weight excluding hydrogens is 939 g/mol. The third kappa shape index (κ3) is 19.1. The summed E-state index contributed by atoms with van der Waals surface area (Å²) in [5, 5.41) is 5.28. The second kappa shape index (κ2) is 36.0. The monoisotopic (exact) mass is 1030 g/mol. The number of benzene rings is 3. The third-order valence-electron chi connectivity index (χ3n) is 15.6. The average molecular weight is 1040 g/mol. The zero-order valence-corrected chi connectivity index (χ0v) is 49.2. The van der Waals surface area contributed by atoms with E-state index in [0.29, 0.717) is 21.6 Å². The largest absolute Gasteiger partial charge is 1.00 e. The Morgan fingerprint density at radius 1 is 0.368 bits per heavy atom. The van der Waals surface area contributed by atoms with Gasteiger partial charge in [-0.3, -0.25) is 0 Å². The van der Waals surface area contributed by atoms with Crippen LogP contribution in [0.1, 0.15) is 235 Å². The summed E-state index contributed by atoms with van der Waals surface area (Å²) in [6, 6.07) is 25.2. The summed E-state index contributed by atoms with van der Waals surface area (Å²) in [4.78, 5) is 0. The number of hydrogen-bond donors (Lipinski definition) is 0. The molecule has 2 aliphatic rings. The number of aryl methyl sites for hydroxylation is 6. The first-order chi connectivity index (χ1) is 31.9. The van der Waals surface area contributed by atoms with Gasteiger partial charge in [-0.05, 0) is 0 Å². The molecule has 3 aromatic carbocycles. The smallest absolute Gasteiger partial charge is 1.00 e. The van der Waals surface area contributed by atoms with Gasteiger partial charge in [0.2, 0.25) is 0 Å². The molecule has 4 unspecified atom stereocenters. The number of hydrogen-bond acceptors (Lipinski definition) is 0. The van der Waals surface area contributed by atoms with Crippen molar-refractivity contribution in [2.45, 2.75) is 250 Å². The molecule has 0 nitrogen and oxygen atoms in total. The molecule has 0 aliphatic heterocycles. The molecule has 0 spiro atoms. The van der Waals surface area contributed by atoms with Gasteiger partial charge in [0.05, 0.1) is 0 Å². The minimum atomic E-state index is -2.76. The Kier molecular flexibility index (Phi) is 33.3. The number of rotatable bonds is 34. The second-order valence-electron chi connectivity index (χ2n) is 21.2. The van der Waals surface area contributed by atoms with Crippen molar-refractivity contribution < 1.29 is 57.7 Å². The SMILES string of the molecule is CCCCCCc1cc(CCCCCC)cc([Si](c2cc(CCCCCC)cc(CCCCCC)c2)(c2cc(CCCCCC)cc(CCCCCC)c2)C2[CH]([Ti+3])CC3C=CC=CC32)c1.[Cl-].[Cl-].[Cl-]. The van der Waals surface area contributed by atoms with Crippen LogP contribution in [0.5, 0.6) is 0 Å². The summed E-state index contributed by atoms with van der Waals surface area (Å²) in [6.07, 6.45) is 50.6. The third-order valence-corrected chi connectivity index (χ3v) is 22.4. The molecule has 378 valence electrons. The Labute approximate surface area is 452 Å². The van der Waals surface area contributed by atoms with E-state index in [1.165, 1.54) is 199 Å². The van der Waals surface area contributed by atoms with Crippen LogP contribution in [0.25, 0.3) is 0 Å². The first-order valence-corrected chi connectivity index (χ1v) is 31.3. The first-order valence-electron chi connectivity index (χ1n) is 28.4. The number of allylic oxidation sites excluding steroid dienone is 4. The fraction of sp³-hybridized carbons (Fsp3) is 0.651. The number of unbranched alkanes of at least 4 members (excludes halogenated alkanes) is 18. The molecule has 3 aromatic rings. The number of fused-ring (bicyclic) bond motifs is 1. The van der Waals surface area contributed by atoms with Gasteiger partial charge < -0.3 is 37.2 Å². The van der Waals surface area contributed by atoms with Crippen LogP contribution < -0.4 is 52.8 Å². The van der Waals surface area contributed by atoms with E-state index in [1.54, 1.807) is 48.9 Å². The quantitative estimate of drug-likeness (QED) is 0.0321. The van der Waals surface area contributed by atoms with Gasteiger partial charge in [-0.15, -0.1) is 0 Å². The Morgan fingerprint density at radius 2 is 0.632 bits per heavy atom. The van der Waals surface area contributed by atoms with Crippen molar-refractivity contribution in [3.05, 3.63) is 112 Å². The van der Waals surface area contributed by atoms with Crippen LogP contribution in [-0.4, -0.2) is 8.07 Å². The predicted octanol–water partition coefficient (Wildman–Crippen LogP) is 8.37. The maximum atomic E-state index is 2.86.